The number of thioether (sulfide) groups is 1. The summed E-state index contributed by atoms with van der Waals surface area (Å²) in [6, 6.07) is 14.3. The van der Waals surface area contributed by atoms with Crippen LogP contribution in [-0.4, -0.2) is 31.9 Å². The van der Waals surface area contributed by atoms with Crippen LogP contribution in [0.2, 0.25) is 0 Å². The molecule has 0 bridgehead atoms. The van der Waals surface area contributed by atoms with Gasteiger partial charge < -0.3 is 5.32 Å². The Kier molecular flexibility index (Phi) is 6.46. The molecule has 1 atom stereocenters. The molecule has 6 nitrogen and oxygen atoms in total. The van der Waals surface area contributed by atoms with E-state index in [1.807, 2.05) is 25.1 Å². The van der Waals surface area contributed by atoms with E-state index in [4.69, 9.17) is 0 Å². The molecule has 1 aromatic heterocycles. The van der Waals surface area contributed by atoms with E-state index >= 15 is 0 Å². The molecule has 7 heteroatoms. The maximum absolute atomic E-state index is 12.4. The highest BCUT2D eigenvalue weighted by atomic mass is 32.2. The zero-order chi connectivity index (χ0) is 20.1. The van der Waals surface area contributed by atoms with Gasteiger partial charge in [-0.3, -0.25) is 4.79 Å². The summed E-state index contributed by atoms with van der Waals surface area (Å²) in [5.41, 5.74) is 5.66. The second-order valence-electron chi connectivity index (χ2n) is 6.81. The molecule has 146 valence electrons. The Morgan fingerprint density at radius 2 is 1.89 bits per heavy atom. The molecule has 1 heterocycles. The fourth-order valence-corrected chi connectivity index (χ4v) is 3.53. The van der Waals surface area contributed by atoms with Gasteiger partial charge in [-0.15, -0.1) is 5.10 Å². The van der Waals surface area contributed by atoms with Gasteiger partial charge in [-0.2, -0.15) is 4.68 Å². The topological polar surface area (TPSA) is 72.7 Å². The third-order valence-corrected chi connectivity index (χ3v) is 5.69. The van der Waals surface area contributed by atoms with E-state index in [1.165, 1.54) is 28.5 Å². The van der Waals surface area contributed by atoms with Crippen LogP contribution in [0.1, 0.15) is 42.1 Å². The van der Waals surface area contributed by atoms with Gasteiger partial charge in [-0.25, -0.2) is 0 Å². The molecule has 2 aromatic carbocycles. The number of nitrogens with one attached hydrogen (secondary N) is 1. The number of carbonyl (C=O) groups excluding carboxylic acids is 1. The van der Waals surface area contributed by atoms with E-state index in [0.29, 0.717) is 5.16 Å². The third kappa shape index (κ3) is 4.78. The van der Waals surface area contributed by atoms with Crippen LogP contribution in [0.4, 0.5) is 0 Å². The number of amides is 1. The minimum absolute atomic E-state index is 0.0465. The SMILES string of the molecule is CCc1ccc([C@@H](C)NC(=O)CSc2nnnn2-c2ccc(C)c(C)c2)cc1. The van der Waals surface area contributed by atoms with Gasteiger partial charge in [0.1, 0.15) is 0 Å². The number of tetrazole rings is 1. The Labute approximate surface area is 169 Å². The van der Waals surface area contributed by atoms with Crippen molar-refractivity contribution in [3.8, 4) is 5.69 Å². The van der Waals surface area contributed by atoms with Crippen molar-refractivity contribution in [2.24, 2.45) is 0 Å². The Hall–Kier alpha value is -2.67. The molecule has 0 saturated carbocycles. The second kappa shape index (κ2) is 9.01. The number of hydrogen-bond donors (Lipinski definition) is 1. The van der Waals surface area contributed by atoms with E-state index < -0.39 is 0 Å². The van der Waals surface area contributed by atoms with Crippen LogP contribution < -0.4 is 5.32 Å². The Morgan fingerprint density at radius 1 is 1.14 bits per heavy atom. The zero-order valence-electron chi connectivity index (χ0n) is 16.6. The Morgan fingerprint density at radius 3 is 2.57 bits per heavy atom. The number of aryl methyl sites for hydroxylation is 3. The monoisotopic (exact) mass is 395 g/mol. The average Bonchev–Trinajstić information content (AvgIpc) is 3.17. The summed E-state index contributed by atoms with van der Waals surface area (Å²) >= 11 is 1.32. The number of hydrogen-bond acceptors (Lipinski definition) is 5. The van der Waals surface area contributed by atoms with E-state index in [1.54, 1.807) is 4.68 Å². The fourth-order valence-electron chi connectivity index (χ4n) is 2.83. The van der Waals surface area contributed by atoms with Crippen molar-refractivity contribution in [2.45, 2.75) is 45.3 Å². The van der Waals surface area contributed by atoms with E-state index in [-0.39, 0.29) is 17.7 Å². The molecule has 0 aliphatic heterocycles. The first-order chi connectivity index (χ1) is 13.5. The van der Waals surface area contributed by atoms with Gasteiger partial charge in [-0.05, 0) is 72.0 Å². The Balaban J connectivity index is 1.60. The quantitative estimate of drug-likeness (QED) is 0.616. The van der Waals surface area contributed by atoms with Crippen molar-refractivity contribution in [1.29, 1.82) is 0 Å². The van der Waals surface area contributed by atoms with Crippen LogP contribution in [0.15, 0.2) is 47.6 Å². The van der Waals surface area contributed by atoms with Gasteiger partial charge in [0.15, 0.2) is 0 Å². The van der Waals surface area contributed by atoms with E-state index in [0.717, 1.165) is 17.7 Å². The van der Waals surface area contributed by atoms with Crippen molar-refractivity contribution in [3.05, 3.63) is 64.7 Å². The third-order valence-electron chi connectivity index (χ3n) is 4.77. The largest absolute Gasteiger partial charge is 0.349 e. The predicted molar refractivity (Wildman–Crippen MR) is 112 cm³/mol. The number of nitrogens with zero attached hydrogens (tertiary/aromatic N) is 4. The summed E-state index contributed by atoms with van der Waals surface area (Å²) in [5.74, 6) is 0.203. The number of benzene rings is 2. The lowest BCUT2D eigenvalue weighted by Gasteiger charge is -2.14. The summed E-state index contributed by atoms with van der Waals surface area (Å²) < 4.78 is 1.66. The molecular weight excluding hydrogens is 370 g/mol. The minimum Gasteiger partial charge on any atom is -0.349 e. The molecule has 0 radical (unpaired) electrons. The van der Waals surface area contributed by atoms with Crippen LogP contribution in [0.3, 0.4) is 0 Å². The fraction of sp³-hybridized carbons (Fsp3) is 0.333. The highest BCUT2D eigenvalue weighted by Gasteiger charge is 2.14. The molecule has 3 aromatic rings. The van der Waals surface area contributed by atoms with Crippen molar-refractivity contribution < 1.29 is 4.79 Å². The van der Waals surface area contributed by atoms with Crippen molar-refractivity contribution in [2.75, 3.05) is 5.75 Å². The second-order valence-corrected chi connectivity index (χ2v) is 7.76. The lowest BCUT2D eigenvalue weighted by Crippen LogP contribution is -2.28. The average molecular weight is 396 g/mol. The first-order valence-corrected chi connectivity index (χ1v) is 10.3. The van der Waals surface area contributed by atoms with E-state index in [2.05, 4.69) is 65.9 Å². The summed E-state index contributed by atoms with van der Waals surface area (Å²) in [6.45, 7) is 8.24. The molecule has 1 amide bonds. The van der Waals surface area contributed by atoms with Crippen LogP contribution in [-0.2, 0) is 11.2 Å². The maximum Gasteiger partial charge on any atom is 0.230 e. The molecule has 28 heavy (non-hydrogen) atoms. The highest BCUT2D eigenvalue weighted by Crippen LogP contribution is 2.20. The number of rotatable bonds is 7. The molecular formula is C21H25N5OS. The molecule has 0 unspecified atom stereocenters. The lowest BCUT2D eigenvalue weighted by molar-refractivity contribution is -0.119. The first kappa shape index (κ1) is 20.1. The summed E-state index contributed by atoms with van der Waals surface area (Å²) in [4.78, 5) is 12.4. The van der Waals surface area contributed by atoms with Crippen LogP contribution in [0, 0.1) is 13.8 Å². The molecule has 3 rings (SSSR count). The molecule has 0 aliphatic carbocycles. The number of aromatic nitrogens is 4. The van der Waals surface area contributed by atoms with E-state index in [9.17, 15) is 4.79 Å². The van der Waals surface area contributed by atoms with Crippen LogP contribution in [0.5, 0.6) is 0 Å². The summed E-state index contributed by atoms with van der Waals surface area (Å²) in [5, 5.41) is 15.5. The molecule has 1 N–H and O–H groups in total. The number of carbonyl (C=O) groups is 1. The summed E-state index contributed by atoms with van der Waals surface area (Å²) in [7, 11) is 0. The van der Waals surface area contributed by atoms with Crippen molar-refractivity contribution in [1.82, 2.24) is 25.5 Å². The molecule has 0 spiro atoms. The smallest absolute Gasteiger partial charge is 0.230 e. The molecule has 0 saturated heterocycles. The van der Waals surface area contributed by atoms with Crippen LogP contribution in [0.25, 0.3) is 5.69 Å². The summed E-state index contributed by atoms with van der Waals surface area (Å²) in [6.07, 6.45) is 1.01. The van der Waals surface area contributed by atoms with Gasteiger partial charge in [0.25, 0.3) is 0 Å². The van der Waals surface area contributed by atoms with Gasteiger partial charge in [0, 0.05) is 0 Å². The van der Waals surface area contributed by atoms with Crippen LogP contribution >= 0.6 is 11.8 Å². The zero-order valence-corrected chi connectivity index (χ0v) is 17.5. The standard InChI is InChI=1S/C21H25N5OS/c1-5-17-7-9-18(10-8-17)16(4)22-20(27)13-28-21-23-24-25-26(21)19-11-6-14(2)15(3)12-19/h6-12,16H,5,13H2,1-4H3,(H,22,27)/t16-/m1/s1. The van der Waals surface area contributed by atoms with Gasteiger partial charge >= 0.3 is 0 Å². The van der Waals surface area contributed by atoms with Crippen molar-refractivity contribution in [3.63, 3.8) is 0 Å². The highest BCUT2D eigenvalue weighted by molar-refractivity contribution is 7.99. The predicted octanol–water partition coefficient (Wildman–Crippen LogP) is 3.81. The maximum atomic E-state index is 12.4. The van der Waals surface area contributed by atoms with Crippen molar-refractivity contribution >= 4 is 17.7 Å². The van der Waals surface area contributed by atoms with Gasteiger partial charge in [0.2, 0.25) is 11.1 Å². The normalized spacial score (nSPS) is 12.0. The Bertz CT molecular complexity index is 952. The molecule has 0 fully saturated rings. The first-order valence-electron chi connectivity index (χ1n) is 9.35. The molecule has 0 aliphatic rings. The minimum atomic E-state index is -0.0493. The van der Waals surface area contributed by atoms with Gasteiger partial charge in [0.05, 0.1) is 17.5 Å². The lowest BCUT2D eigenvalue weighted by atomic mass is 10.1. The van der Waals surface area contributed by atoms with Gasteiger partial charge in [-0.1, -0.05) is 49.0 Å².